The number of nitrogens with one attached hydrogen (secondary N) is 2. The number of benzene rings is 2. The molecular formula is C22H19FN4O3. The number of aromatic nitrogens is 2. The number of carbonyl (C=O) groups is 2. The standard InChI is InChI=1S/C22H19FN4O3/c1-12-7-13(2)9-16(8-12)25-21(28)17-11-24-27-19(14-3-5-15(23)6-4-14)10-18(22(29)30)26-20(17)27/h3-11,19,26H,1-2H3,(H,25,28)(H,29,30)/t19-/m0/s1. The number of nitrogens with zero attached hydrogens (tertiary/aromatic N) is 2. The number of amides is 1. The lowest BCUT2D eigenvalue weighted by atomic mass is 10.0. The molecule has 2 heterocycles. The Kier molecular flexibility index (Phi) is 4.83. The highest BCUT2D eigenvalue weighted by molar-refractivity contribution is 6.08. The van der Waals surface area contributed by atoms with Crippen LogP contribution >= 0.6 is 0 Å². The van der Waals surface area contributed by atoms with Gasteiger partial charge in [-0.3, -0.25) is 4.79 Å². The number of rotatable bonds is 4. The molecule has 3 N–H and O–H groups in total. The zero-order valence-corrected chi connectivity index (χ0v) is 16.3. The first kappa shape index (κ1) is 19.4. The highest BCUT2D eigenvalue weighted by atomic mass is 19.1. The van der Waals surface area contributed by atoms with Crippen molar-refractivity contribution < 1.29 is 19.1 Å². The summed E-state index contributed by atoms with van der Waals surface area (Å²) < 4.78 is 14.8. The van der Waals surface area contributed by atoms with Crippen LogP contribution in [0.2, 0.25) is 0 Å². The van der Waals surface area contributed by atoms with Crippen molar-refractivity contribution in [2.45, 2.75) is 19.9 Å². The van der Waals surface area contributed by atoms with E-state index in [1.54, 1.807) is 12.1 Å². The van der Waals surface area contributed by atoms with Crippen LogP contribution in [-0.2, 0) is 4.79 Å². The summed E-state index contributed by atoms with van der Waals surface area (Å²) in [5.41, 5.74) is 3.41. The van der Waals surface area contributed by atoms with Crippen LogP contribution in [0.1, 0.15) is 33.1 Å². The van der Waals surface area contributed by atoms with Gasteiger partial charge in [0, 0.05) is 5.69 Å². The van der Waals surface area contributed by atoms with E-state index < -0.39 is 23.7 Å². The molecule has 7 nitrogen and oxygen atoms in total. The quantitative estimate of drug-likeness (QED) is 0.611. The first-order valence-electron chi connectivity index (χ1n) is 9.26. The topological polar surface area (TPSA) is 96.3 Å². The number of carbonyl (C=O) groups excluding carboxylic acids is 1. The normalized spacial score (nSPS) is 15.0. The van der Waals surface area contributed by atoms with E-state index in [0.29, 0.717) is 11.3 Å². The van der Waals surface area contributed by atoms with Crippen molar-refractivity contribution in [3.8, 4) is 0 Å². The molecule has 1 aliphatic heterocycles. The average molecular weight is 406 g/mol. The lowest BCUT2D eigenvalue weighted by Crippen LogP contribution is -2.25. The summed E-state index contributed by atoms with van der Waals surface area (Å²) in [6.07, 6.45) is 2.86. The maximum Gasteiger partial charge on any atom is 0.352 e. The molecule has 1 amide bonds. The van der Waals surface area contributed by atoms with E-state index in [1.165, 1.54) is 29.1 Å². The zero-order chi connectivity index (χ0) is 21.4. The Balaban J connectivity index is 1.71. The number of hydrogen-bond acceptors (Lipinski definition) is 4. The van der Waals surface area contributed by atoms with Gasteiger partial charge in [-0.05, 0) is 60.9 Å². The van der Waals surface area contributed by atoms with E-state index in [2.05, 4.69) is 15.7 Å². The monoisotopic (exact) mass is 406 g/mol. The van der Waals surface area contributed by atoms with Gasteiger partial charge in [0.2, 0.25) is 0 Å². The van der Waals surface area contributed by atoms with Crippen LogP contribution in [0.5, 0.6) is 0 Å². The molecule has 0 bridgehead atoms. The predicted molar refractivity (Wildman–Crippen MR) is 110 cm³/mol. The summed E-state index contributed by atoms with van der Waals surface area (Å²) in [7, 11) is 0. The summed E-state index contributed by atoms with van der Waals surface area (Å²) in [4.78, 5) is 24.6. The molecule has 1 aromatic heterocycles. The molecule has 1 aliphatic rings. The third kappa shape index (κ3) is 3.67. The van der Waals surface area contributed by atoms with E-state index in [-0.39, 0.29) is 17.1 Å². The number of aryl methyl sites for hydroxylation is 2. The number of anilines is 2. The number of carboxylic acids is 1. The van der Waals surface area contributed by atoms with Gasteiger partial charge in [0.15, 0.2) is 0 Å². The summed E-state index contributed by atoms with van der Waals surface area (Å²) in [5.74, 6) is -1.73. The Bertz CT molecular complexity index is 1160. The molecule has 0 saturated heterocycles. The zero-order valence-electron chi connectivity index (χ0n) is 16.3. The fraction of sp³-hybridized carbons (Fsp3) is 0.136. The van der Waals surface area contributed by atoms with Crippen LogP contribution in [0.4, 0.5) is 15.9 Å². The SMILES string of the molecule is Cc1cc(C)cc(NC(=O)c2cnn3c2NC(C(=O)O)=C[C@H]3c2ccc(F)cc2)c1. The maximum absolute atomic E-state index is 13.3. The van der Waals surface area contributed by atoms with Gasteiger partial charge in [-0.25, -0.2) is 13.9 Å². The van der Waals surface area contributed by atoms with Crippen molar-refractivity contribution in [3.05, 3.63) is 88.5 Å². The second-order valence-electron chi connectivity index (χ2n) is 7.19. The third-order valence-electron chi connectivity index (χ3n) is 4.80. The van der Waals surface area contributed by atoms with Crippen LogP contribution in [-0.4, -0.2) is 26.8 Å². The van der Waals surface area contributed by atoms with Crippen molar-refractivity contribution in [2.24, 2.45) is 0 Å². The summed E-state index contributed by atoms with van der Waals surface area (Å²) in [6, 6.07) is 10.8. The van der Waals surface area contributed by atoms with Gasteiger partial charge in [0.1, 0.15) is 22.9 Å². The smallest absolute Gasteiger partial charge is 0.352 e. The van der Waals surface area contributed by atoms with Crippen LogP contribution in [0.25, 0.3) is 0 Å². The van der Waals surface area contributed by atoms with E-state index in [0.717, 1.165) is 11.1 Å². The van der Waals surface area contributed by atoms with Crippen molar-refractivity contribution in [1.29, 1.82) is 0 Å². The van der Waals surface area contributed by atoms with E-state index in [9.17, 15) is 19.1 Å². The third-order valence-corrected chi connectivity index (χ3v) is 4.80. The van der Waals surface area contributed by atoms with Crippen molar-refractivity contribution >= 4 is 23.4 Å². The summed E-state index contributed by atoms with van der Waals surface area (Å²) in [6.45, 7) is 3.87. The Hall–Kier alpha value is -3.94. The highest BCUT2D eigenvalue weighted by Gasteiger charge is 2.29. The largest absolute Gasteiger partial charge is 0.477 e. The van der Waals surface area contributed by atoms with Crippen LogP contribution in [0.15, 0.2) is 60.4 Å². The van der Waals surface area contributed by atoms with Crippen LogP contribution in [0.3, 0.4) is 0 Å². The number of hydrogen-bond donors (Lipinski definition) is 3. The molecule has 1 atom stereocenters. The summed E-state index contributed by atoms with van der Waals surface area (Å²) >= 11 is 0. The number of allylic oxidation sites excluding steroid dienone is 1. The second-order valence-corrected chi connectivity index (χ2v) is 7.19. The Morgan fingerprint density at radius 1 is 1.13 bits per heavy atom. The molecule has 4 rings (SSSR count). The van der Waals surface area contributed by atoms with E-state index in [1.807, 2.05) is 32.0 Å². The molecule has 0 aliphatic carbocycles. The van der Waals surface area contributed by atoms with Gasteiger partial charge >= 0.3 is 5.97 Å². The molecule has 2 aromatic carbocycles. The van der Waals surface area contributed by atoms with Gasteiger partial charge in [-0.2, -0.15) is 5.10 Å². The maximum atomic E-state index is 13.3. The fourth-order valence-corrected chi connectivity index (χ4v) is 3.53. The second kappa shape index (κ2) is 7.47. The lowest BCUT2D eigenvalue weighted by molar-refractivity contribution is -0.132. The van der Waals surface area contributed by atoms with Crippen LogP contribution in [0, 0.1) is 19.7 Å². The van der Waals surface area contributed by atoms with Gasteiger partial charge in [-0.1, -0.05) is 18.2 Å². The first-order chi connectivity index (χ1) is 14.3. The number of halogens is 1. The minimum Gasteiger partial charge on any atom is -0.477 e. The highest BCUT2D eigenvalue weighted by Crippen LogP contribution is 2.32. The lowest BCUT2D eigenvalue weighted by Gasteiger charge is -2.24. The summed E-state index contributed by atoms with van der Waals surface area (Å²) in [5, 5.41) is 19.4. The van der Waals surface area contributed by atoms with Gasteiger partial charge in [-0.15, -0.1) is 0 Å². The van der Waals surface area contributed by atoms with Crippen LogP contribution < -0.4 is 10.6 Å². The molecule has 30 heavy (non-hydrogen) atoms. The van der Waals surface area contributed by atoms with Crippen molar-refractivity contribution in [1.82, 2.24) is 9.78 Å². The van der Waals surface area contributed by atoms with Gasteiger partial charge < -0.3 is 15.7 Å². The van der Waals surface area contributed by atoms with E-state index in [4.69, 9.17) is 0 Å². The Labute approximate surface area is 171 Å². The van der Waals surface area contributed by atoms with Crippen molar-refractivity contribution in [2.75, 3.05) is 10.6 Å². The average Bonchev–Trinajstić information content (AvgIpc) is 3.11. The molecule has 8 heteroatoms. The minimum absolute atomic E-state index is 0.0854. The molecule has 0 unspecified atom stereocenters. The molecule has 0 fully saturated rings. The molecule has 152 valence electrons. The fourth-order valence-electron chi connectivity index (χ4n) is 3.53. The molecule has 0 saturated carbocycles. The van der Waals surface area contributed by atoms with Gasteiger partial charge in [0.25, 0.3) is 5.91 Å². The Morgan fingerprint density at radius 3 is 2.43 bits per heavy atom. The molecule has 3 aromatic rings. The van der Waals surface area contributed by atoms with E-state index >= 15 is 0 Å². The molecule has 0 spiro atoms. The number of carboxylic acid groups (broad SMARTS) is 1. The van der Waals surface area contributed by atoms with Gasteiger partial charge in [0.05, 0.1) is 12.2 Å². The number of aliphatic carboxylic acids is 1. The molecular weight excluding hydrogens is 387 g/mol. The Morgan fingerprint density at radius 2 is 1.80 bits per heavy atom. The molecule has 0 radical (unpaired) electrons. The van der Waals surface area contributed by atoms with Crippen molar-refractivity contribution in [3.63, 3.8) is 0 Å². The predicted octanol–water partition coefficient (Wildman–Crippen LogP) is 3.87. The minimum atomic E-state index is -1.17. The first-order valence-corrected chi connectivity index (χ1v) is 9.26. The number of fused-ring (bicyclic) bond motifs is 1.